The minimum Gasteiger partial charge on any atom is -0.503 e. The van der Waals surface area contributed by atoms with Gasteiger partial charge in [0.1, 0.15) is 5.82 Å². The summed E-state index contributed by atoms with van der Waals surface area (Å²) in [7, 11) is 0. The summed E-state index contributed by atoms with van der Waals surface area (Å²) in [5.74, 6) is 2.11. The maximum atomic E-state index is 6.49. The number of para-hydroxylation sites is 1. The topological polar surface area (TPSA) is 42.7 Å². The molecule has 5 aromatic carbocycles. The quantitative estimate of drug-likeness (QED) is 0.103. The Bertz CT molecular complexity index is 2730. The standard InChI is InChI=1S/C41H26N4OS.Pd/c1-41(2)33-13-8-18-42-40(33)45(36-23-31-30-12-4-6-15-37(30)47-38(31)24-34(36)41)25-9-7-10-26(21-25)46-27-16-17-28-29-11-3-5-14-35(29)44-20-19-43-39(44)32(28)22-27;/h3-20,23-24H,1-2H3;/q-2;+2. The van der Waals surface area contributed by atoms with Crippen LogP contribution in [0, 0.1) is 12.1 Å². The van der Waals surface area contributed by atoms with E-state index in [9.17, 15) is 0 Å². The van der Waals surface area contributed by atoms with Crippen LogP contribution in [0.1, 0.15) is 25.0 Å². The minimum absolute atomic E-state index is 0. The van der Waals surface area contributed by atoms with E-state index >= 15 is 0 Å². The number of hydrogen-bond acceptors (Lipinski definition) is 5. The van der Waals surface area contributed by atoms with Gasteiger partial charge in [0.05, 0.1) is 11.3 Å². The molecular formula is C41H26N4OPdS. The molecule has 48 heavy (non-hydrogen) atoms. The number of ether oxygens (including phenoxy) is 1. The van der Waals surface area contributed by atoms with Gasteiger partial charge in [-0.15, -0.1) is 41.7 Å². The van der Waals surface area contributed by atoms with Crippen LogP contribution >= 0.6 is 11.3 Å². The summed E-state index contributed by atoms with van der Waals surface area (Å²) in [4.78, 5) is 11.9. The first-order valence-electron chi connectivity index (χ1n) is 15.7. The van der Waals surface area contributed by atoms with Crippen molar-refractivity contribution in [3.63, 3.8) is 0 Å². The van der Waals surface area contributed by atoms with Crippen molar-refractivity contribution >= 4 is 76.0 Å². The molecule has 0 radical (unpaired) electrons. The van der Waals surface area contributed by atoms with Gasteiger partial charge in [0, 0.05) is 66.8 Å². The van der Waals surface area contributed by atoms with Gasteiger partial charge in [-0.3, -0.25) is 4.98 Å². The molecule has 0 saturated carbocycles. The largest absolute Gasteiger partial charge is 2.00 e. The number of aromatic nitrogens is 3. The average Bonchev–Trinajstić information content (AvgIpc) is 3.74. The molecule has 4 aromatic heterocycles. The molecule has 9 aromatic rings. The second kappa shape index (κ2) is 10.7. The number of imidazole rings is 1. The molecule has 0 saturated heterocycles. The molecule has 0 atom stereocenters. The van der Waals surface area contributed by atoms with Gasteiger partial charge < -0.3 is 14.0 Å². The number of nitrogens with zero attached hydrogens (tertiary/aromatic N) is 4. The number of anilines is 3. The third-order valence-electron chi connectivity index (χ3n) is 9.53. The third-order valence-corrected chi connectivity index (χ3v) is 10.7. The molecule has 7 heteroatoms. The SMILES string of the molecule is CC1(C)c2cc3sc4ccccc4c3cc2N(c2[c-]c(Oc3[c-]c4c(cc3)c3ccccc3n3ccnc43)ccc2)c2ncccc21.[Pd+2]. The van der Waals surface area contributed by atoms with Crippen molar-refractivity contribution in [2.24, 2.45) is 0 Å². The third kappa shape index (κ3) is 4.18. The molecular weight excluding hydrogens is 703 g/mol. The Morgan fingerprint density at radius 1 is 0.688 bits per heavy atom. The van der Waals surface area contributed by atoms with Crippen LogP contribution in [0.5, 0.6) is 11.5 Å². The van der Waals surface area contributed by atoms with Gasteiger partial charge in [-0.2, -0.15) is 6.07 Å². The molecule has 0 unspecified atom stereocenters. The Morgan fingerprint density at radius 3 is 2.44 bits per heavy atom. The predicted molar refractivity (Wildman–Crippen MR) is 192 cm³/mol. The first-order chi connectivity index (χ1) is 23.0. The van der Waals surface area contributed by atoms with E-state index in [1.54, 1.807) is 0 Å². The van der Waals surface area contributed by atoms with Crippen LogP contribution in [0.25, 0.3) is 47.5 Å². The molecule has 0 fully saturated rings. The average molecular weight is 729 g/mol. The van der Waals surface area contributed by atoms with Crippen molar-refractivity contribution in [2.45, 2.75) is 19.3 Å². The van der Waals surface area contributed by atoms with Gasteiger partial charge in [0.25, 0.3) is 0 Å². The van der Waals surface area contributed by atoms with Gasteiger partial charge in [-0.05, 0) is 41.3 Å². The first kappa shape index (κ1) is 29.1. The van der Waals surface area contributed by atoms with Crippen LogP contribution in [0.4, 0.5) is 17.2 Å². The normalized spacial score (nSPS) is 13.6. The molecule has 0 aliphatic carbocycles. The maximum absolute atomic E-state index is 6.49. The molecule has 5 heterocycles. The van der Waals surface area contributed by atoms with Crippen LogP contribution in [0.2, 0.25) is 0 Å². The van der Waals surface area contributed by atoms with Crippen molar-refractivity contribution in [1.82, 2.24) is 14.4 Å². The zero-order valence-corrected chi connectivity index (χ0v) is 28.3. The summed E-state index contributed by atoms with van der Waals surface area (Å²) in [5.41, 5.74) is 6.13. The number of rotatable bonds is 3. The van der Waals surface area contributed by atoms with Crippen LogP contribution in [-0.4, -0.2) is 14.4 Å². The molecule has 0 spiro atoms. The fraction of sp³-hybridized carbons (Fsp3) is 0.0732. The molecule has 1 aliphatic rings. The zero-order valence-electron chi connectivity index (χ0n) is 26.0. The summed E-state index contributed by atoms with van der Waals surface area (Å²) in [6.45, 7) is 4.59. The molecule has 10 rings (SSSR count). The van der Waals surface area contributed by atoms with Crippen LogP contribution in [0.15, 0.2) is 122 Å². The summed E-state index contributed by atoms with van der Waals surface area (Å²) >= 11 is 1.85. The van der Waals surface area contributed by atoms with Crippen molar-refractivity contribution < 1.29 is 25.2 Å². The van der Waals surface area contributed by atoms with E-state index < -0.39 is 0 Å². The molecule has 0 amide bonds. The van der Waals surface area contributed by atoms with Gasteiger partial charge in [0.15, 0.2) is 0 Å². The second-order valence-electron chi connectivity index (χ2n) is 12.6. The minimum atomic E-state index is -0.240. The second-order valence-corrected chi connectivity index (χ2v) is 13.6. The Kier molecular flexibility index (Phi) is 6.51. The van der Waals surface area contributed by atoms with Crippen molar-refractivity contribution in [2.75, 3.05) is 4.90 Å². The Hall–Kier alpha value is -5.06. The van der Waals surface area contributed by atoms with E-state index in [-0.39, 0.29) is 25.8 Å². The van der Waals surface area contributed by atoms with E-state index in [4.69, 9.17) is 9.72 Å². The van der Waals surface area contributed by atoms with E-state index in [1.165, 1.54) is 31.3 Å². The monoisotopic (exact) mass is 728 g/mol. The number of benzene rings is 5. The zero-order chi connectivity index (χ0) is 31.3. The van der Waals surface area contributed by atoms with Crippen molar-refractivity contribution in [1.29, 1.82) is 0 Å². The first-order valence-corrected chi connectivity index (χ1v) is 16.5. The number of hydrogen-bond donors (Lipinski definition) is 0. The van der Waals surface area contributed by atoms with Crippen molar-refractivity contribution in [3.8, 4) is 11.5 Å². The van der Waals surface area contributed by atoms with E-state index in [0.29, 0.717) is 11.5 Å². The molecule has 0 N–H and O–H groups in total. The van der Waals surface area contributed by atoms with Crippen LogP contribution in [-0.2, 0) is 25.8 Å². The molecule has 5 nitrogen and oxygen atoms in total. The van der Waals surface area contributed by atoms with E-state index in [2.05, 4.69) is 119 Å². The number of pyridine rings is 2. The smallest absolute Gasteiger partial charge is 0.503 e. The van der Waals surface area contributed by atoms with Gasteiger partial charge >= 0.3 is 20.4 Å². The van der Waals surface area contributed by atoms with Crippen molar-refractivity contribution in [3.05, 3.63) is 145 Å². The molecule has 232 valence electrons. The Balaban J connectivity index is 0.00000314. The summed E-state index contributed by atoms with van der Waals surface area (Å²) < 4.78 is 11.2. The summed E-state index contributed by atoms with van der Waals surface area (Å²) in [6.07, 6.45) is 5.69. The fourth-order valence-corrected chi connectivity index (χ4v) is 8.41. The maximum Gasteiger partial charge on any atom is 2.00 e. The molecule has 0 bridgehead atoms. The van der Waals surface area contributed by atoms with E-state index in [1.807, 2.05) is 54.2 Å². The van der Waals surface area contributed by atoms with Gasteiger partial charge in [-0.1, -0.05) is 78.8 Å². The predicted octanol–water partition coefficient (Wildman–Crippen LogP) is 10.9. The fourth-order valence-electron chi connectivity index (χ4n) is 7.29. The summed E-state index contributed by atoms with van der Waals surface area (Å²) in [6, 6.07) is 43.2. The van der Waals surface area contributed by atoms with Crippen LogP contribution < -0.4 is 9.64 Å². The Morgan fingerprint density at radius 2 is 1.52 bits per heavy atom. The van der Waals surface area contributed by atoms with E-state index in [0.717, 1.165) is 44.5 Å². The Labute approximate surface area is 294 Å². The number of thiophene rings is 1. The van der Waals surface area contributed by atoms with Gasteiger partial charge in [0.2, 0.25) is 0 Å². The number of fused-ring (bicyclic) bond motifs is 11. The van der Waals surface area contributed by atoms with Crippen LogP contribution in [0.3, 0.4) is 0 Å². The molecule has 1 aliphatic heterocycles. The van der Waals surface area contributed by atoms with Gasteiger partial charge in [-0.25, -0.2) is 4.98 Å². The summed E-state index contributed by atoms with van der Waals surface area (Å²) in [5, 5.41) is 5.67.